The van der Waals surface area contributed by atoms with Gasteiger partial charge in [0, 0.05) is 6.07 Å². The van der Waals surface area contributed by atoms with Gasteiger partial charge in [0.15, 0.2) is 11.5 Å². The summed E-state index contributed by atoms with van der Waals surface area (Å²) in [6.45, 7) is 3.72. The monoisotopic (exact) mass is 208 g/mol. The van der Waals surface area contributed by atoms with E-state index in [1.807, 2.05) is 0 Å². The van der Waals surface area contributed by atoms with Gasteiger partial charge in [-0.3, -0.25) is 10.1 Å². The summed E-state index contributed by atoms with van der Waals surface area (Å²) >= 11 is 0. The summed E-state index contributed by atoms with van der Waals surface area (Å²) in [6, 6.07) is 4.04. The number of rotatable bonds is 5. The SMILES string of the molecule is [CH2]Oc1ccc([N+](=O)[O-])cc1OCC=C. The number of hydrogen-bond acceptors (Lipinski definition) is 4. The highest BCUT2D eigenvalue weighted by Gasteiger charge is 2.11. The summed E-state index contributed by atoms with van der Waals surface area (Å²) in [5.74, 6) is 0.626. The van der Waals surface area contributed by atoms with Crippen LogP contribution in [0.1, 0.15) is 0 Å². The van der Waals surface area contributed by atoms with E-state index in [1.165, 1.54) is 24.3 Å². The molecule has 5 nitrogen and oxygen atoms in total. The van der Waals surface area contributed by atoms with E-state index in [2.05, 4.69) is 13.7 Å². The number of nitro groups is 1. The van der Waals surface area contributed by atoms with Gasteiger partial charge < -0.3 is 9.47 Å². The second kappa shape index (κ2) is 4.99. The number of non-ortho nitro benzene ring substituents is 1. The first-order valence-electron chi connectivity index (χ1n) is 4.13. The lowest BCUT2D eigenvalue weighted by Crippen LogP contribution is -1.97. The molecule has 5 heteroatoms. The molecular weight excluding hydrogens is 198 g/mol. The maximum absolute atomic E-state index is 10.5. The summed E-state index contributed by atoms with van der Waals surface area (Å²) < 4.78 is 9.93. The van der Waals surface area contributed by atoms with Crippen LogP contribution >= 0.6 is 0 Å². The van der Waals surface area contributed by atoms with E-state index in [4.69, 9.17) is 9.47 Å². The molecule has 1 radical (unpaired) electrons. The molecule has 0 N–H and O–H groups in total. The molecule has 0 amide bonds. The van der Waals surface area contributed by atoms with Crippen molar-refractivity contribution in [2.75, 3.05) is 6.61 Å². The van der Waals surface area contributed by atoms with Crippen LogP contribution in [-0.4, -0.2) is 11.5 Å². The van der Waals surface area contributed by atoms with E-state index < -0.39 is 4.92 Å². The molecule has 0 unspecified atom stereocenters. The first-order valence-corrected chi connectivity index (χ1v) is 4.13. The topological polar surface area (TPSA) is 61.6 Å². The predicted octanol–water partition coefficient (Wildman–Crippen LogP) is 2.33. The quantitative estimate of drug-likeness (QED) is 0.423. The molecule has 0 aliphatic carbocycles. The van der Waals surface area contributed by atoms with Crippen LogP contribution in [0.5, 0.6) is 11.5 Å². The number of nitrogens with zero attached hydrogens (tertiary/aromatic N) is 1. The van der Waals surface area contributed by atoms with Crippen LogP contribution in [0.4, 0.5) is 5.69 Å². The van der Waals surface area contributed by atoms with Crippen molar-refractivity contribution in [2.24, 2.45) is 0 Å². The molecule has 0 aromatic heterocycles. The Kier molecular flexibility index (Phi) is 3.68. The average molecular weight is 208 g/mol. The van der Waals surface area contributed by atoms with Gasteiger partial charge in [0.2, 0.25) is 0 Å². The predicted molar refractivity (Wildman–Crippen MR) is 54.8 cm³/mol. The van der Waals surface area contributed by atoms with Crippen LogP contribution in [-0.2, 0) is 0 Å². The Balaban J connectivity index is 3.01. The van der Waals surface area contributed by atoms with Crippen molar-refractivity contribution in [3.05, 3.63) is 48.1 Å². The summed E-state index contributed by atoms with van der Waals surface area (Å²) in [7, 11) is 3.22. The summed E-state index contributed by atoms with van der Waals surface area (Å²) in [6.07, 6.45) is 1.53. The van der Waals surface area contributed by atoms with Gasteiger partial charge in [0.1, 0.15) is 13.7 Å². The molecule has 0 spiro atoms. The second-order valence-corrected chi connectivity index (χ2v) is 2.63. The van der Waals surface area contributed by atoms with Gasteiger partial charge in [0.05, 0.1) is 11.0 Å². The maximum Gasteiger partial charge on any atom is 0.273 e. The third kappa shape index (κ3) is 2.70. The van der Waals surface area contributed by atoms with E-state index in [0.29, 0.717) is 5.75 Å². The largest absolute Gasteiger partial charge is 0.486 e. The van der Waals surface area contributed by atoms with Crippen molar-refractivity contribution < 1.29 is 14.4 Å². The zero-order chi connectivity index (χ0) is 11.3. The van der Waals surface area contributed by atoms with Crippen LogP contribution in [0.2, 0.25) is 0 Å². The highest BCUT2D eigenvalue weighted by atomic mass is 16.6. The fraction of sp³-hybridized carbons (Fsp3) is 0.100. The standard InChI is InChI=1S/C10H10NO4/c1-3-6-15-10-7-8(11(12)13)4-5-9(10)14-2/h3-5,7H,1-2,6H2. The third-order valence-corrected chi connectivity index (χ3v) is 1.65. The molecule has 0 fully saturated rings. The lowest BCUT2D eigenvalue weighted by Gasteiger charge is -2.07. The Morgan fingerprint density at radius 3 is 2.73 bits per heavy atom. The molecule has 0 heterocycles. The zero-order valence-corrected chi connectivity index (χ0v) is 8.01. The first-order chi connectivity index (χ1) is 7.19. The molecule has 1 aromatic rings. The molecule has 0 aliphatic heterocycles. The minimum atomic E-state index is -0.506. The summed E-state index contributed by atoms with van der Waals surface area (Å²) in [5.41, 5.74) is -0.0603. The molecule has 1 rings (SSSR count). The molecule has 15 heavy (non-hydrogen) atoms. The Hall–Kier alpha value is -2.04. The minimum Gasteiger partial charge on any atom is -0.486 e. The van der Waals surface area contributed by atoms with E-state index in [-0.39, 0.29) is 18.0 Å². The normalized spacial score (nSPS) is 9.40. The van der Waals surface area contributed by atoms with Crippen molar-refractivity contribution in [3.8, 4) is 11.5 Å². The van der Waals surface area contributed by atoms with Gasteiger partial charge in [-0.05, 0) is 6.07 Å². The first kappa shape index (κ1) is 11.0. The molecule has 79 valence electrons. The van der Waals surface area contributed by atoms with Gasteiger partial charge in [0.25, 0.3) is 5.69 Å². The highest BCUT2D eigenvalue weighted by Crippen LogP contribution is 2.31. The Bertz CT molecular complexity index is 376. The molecular formula is C10H10NO4. The number of nitro benzene ring substituents is 1. The fourth-order valence-corrected chi connectivity index (χ4v) is 0.991. The average Bonchev–Trinajstić information content (AvgIpc) is 2.25. The lowest BCUT2D eigenvalue weighted by atomic mass is 10.3. The molecule has 0 aliphatic rings. The van der Waals surface area contributed by atoms with E-state index >= 15 is 0 Å². The van der Waals surface area contributed by atoms with Crippen molar-refractivity contribution >= 4 is 5.69 Å². The van der Waals surface area contributed by atoms with Gasteiger partial charge in [-0.1, -0.05) is 12.7 Å². The second-order valence-electron chi connectivity index (χ2n) is 2.63. The van der Waals surface area contributed by atoms with Crippen molar-refractivity contribution in [2.45, 2.75) is 0 Å². The van der Waals surface area contributed by atoms with Crippen molar-refractivity contribution in [1.82, 2.24) is 0 Å². The number of hydrogen-bond donors (Lipinski definition) is 0. The number of benzene rings is 1. The van der Waals surface area contributed by atoms with E-state index in [0.717, 1.165) is 0 Å². The minimum absolute atomic E-state index is 0.0603. The Morgan fingerprint density at radius 2 is 2.20 bits per heavy atom. The van der Waals surface area contributed by atoms with E-state index in [9.17, 15) is 10.1 Å². The Morgan fingerprint density at radius 1 is 1.47 bits per heavy atom. The molecule has 0 saturated heterocycles. The van der Waals surface area contributed by atoms with Crippen LogP contribution in [0.15, 0.2) is 30.9 Å². The fourth-order valence-electron chi connectivity index (χ4n) is 0.991. The smallest absolute Gasteiger partial charge is 0.273 e. The highest BCUT2D eigenvalue weighted by molar-refractivity contribution is 5.48. The lowest BCUT2D eigenvalue weighted by molar-refractivity contribution is -0.385. The van der Waals surface area contributed by atoms with E-state index in [1.54, 1.807) is 0 Å². The summed E-state index contributed by atoms with van der Waals surface area (Å²) in [4.78, 5) is 9.99. The van der Waals surface area contributed by atoms with Gasteiger partial charge in [-0.15, -0.1) is 0 Å². The Labute approximate surface area is 87.1 Å². The van der Waals surface area contributed by atoms with Crippen LogP contribution < -0.4 is 9.47 Å². The molecule has 1 aromatic carbocycles. The summed E-state index contributed by atoms with van der Waals surface area (Å²) in [5, 5.41) is 10.5. The molecule has 0 bridgehead atoms. The van der Waals surface area contributed by atoms with Crippen LogP contribution in [0.25, 0.3) is 0 Å². The van der Waals surface area contributed by atoms with Crippen molar-refractivity contribution in [3.63, 3.8) is 0 Å². The van der Waals surface area contributed by atoms with Gasteiger partial charge >= 0.3 is 0 Å². The zero-order valence-electron chi connectivity index (χ0n) is 8.01. The van der Waals surface area contributed by atoms with Crippen molar-refractivity contribution in [1.29, 1.82) is 0 Å². The molecule has 0 atom stereocenters. The van der Waals surface area contributed by atoms with Gasteiger partial charge in [-0.2, -0.15) is 0 Å². The maximum atomic E-state index is 10.5. The van der Waals surface area contributed by atoms with Crippen LogP contribution in [0.3, 0.4) is 0 Å². The number of ether oxygens (including phenoxy) is 2. The van der Waals surface area contributed by atoms with Crippen LogP contribution in [0, 0.1) is 17.2 Å². The third-order valence-electron chi connectivity index (χ3n) is 1.65. The molecule has 0 saturated carbocycles. The van der Waals surface area contributed by atoms with Gasteiger partial charge in [-0.25, -0.2) is 0 Å².